The van der Waals surface area contributed by atoms with Gasteiger partial charge in [0.1, 0.15) is 11.4 Å². The number of amides is 1. The van der Waals surface area contributed by atoms with Gasteiger partial charge in [0, 0.05) is 10.7 Å². The predicted molar refractivity (Wildman–Crippen MR) is 93.6 cm³/mol. The SMILES string of the molecule is Cc1c(Cl)cccc1Nc1ccc(NC(=O)OC(C)(C)C)nc1. The Morgan fingerprint density at radius 3 is 2.57 bits per heavy atom. The monoisotopic (exact) mass is 333 g/mol. The molecule has 0 aliphatic rings. The molecule has 0 spiro atoms. The molecule has 1 aromatic heterocycles. The minimum atomic E-state index is -0.546. The van der Waals surface area contributed by atoms with Crippen molar-refractivity contribution in [1.29, 1.82) is 0 Å². The molecular formula is C17H20ClN3O2. The van der Waals surface area contributed by atoms with Gasteiger partial charge in [-0.15, -0.1) is 0 Å². The summed E-state index contributed by atoms with van der Waals surface area (Å²) in [5.41, 5.74) is 2.12. The predicted octanol–water partition coefficient (Wildman–Crippen LogP) is 5.13. The number of anilines is 3. The second-order valence-electron chi connectivity index (χ2n) is 6.10. The van der Waals surface area contributed by atoms with Crippen LogP contribution in [0, 0.1) is 6.92 Å². The van der Waals surface area contributed by atoms with Crippen molar-refractivity contribution in [2.75, 3.05) is 10.6 Å². The van der Waals surface area contributed by atoms with Crippen LogP contribution < -0.4 is 10.6 Å². The highest BCUT2D eigenvalue weighted by molar-refractivity contribution is 6.31. The third-order valence-electron chi connectivity index (χ3n) is 2.94. The van der Waals surface area contributed by atoms with Crippen LogP contribution in [0.3, 0.4) is 0 Å². The molecule has 0 atom stereocenters. The molecule has 122 valence electrons. The van der Waals surface area contributed by atoms with E-state index in [9.17, 15) is 4.79 Å². The summed E-state index contributed by atoms with van der Waals surface area (Å²) < 4.78 is 5.18. The lowest BCUT2D eigenvalue weighted by molar-refractivity contribution is 0.0635. The largest absolute Gasteiger partial charge is 0.444 e. The molecule has 0 bridgehead atoms. The molecule has 0 aliphatic carbocycles. The van der Waals surface area contributed by atoms with Gasteiger partial charge in [-0.25, -0.2) is 9.78 Å². The maximum atomic E-state index is 11.7. The smallest absolute Gasteiger partial charge is 0.413 e. The third kappa shape index (κ3) is 5.14. The minimum Gasteiger partial charge on any atom is -0.444 e. The van der Waals surface area contributed by atoms with Crippen molar-refractivity contribution < 1.29 is 9.53 Å². The molecule has 2 aromatic rings. The Morgan fingerprint density at radius 2 is 1.96 bits per heavy atom. The van der Waals surface area contributed by atoms with Crippen LogP contribution in [0.15, 0.2) is 36.5 Å². The molecule has 6 heteroatoms. The van der Waals surface area contributed by atoms with Crippen molar-refractivity contribution >= 4 is 34.9 Å². The number of pyridine rings is 1. The Morgan fingerprint density at radius 1 is 1.22 bits per heavy atom. The molecule has 2 N–H and O–H groups in total. The van der Waals surface area contributed by atoms with Gasteiger partial charge in [0.25, 0.3) is 0 Å². The molecule has 0 unspecified atom stereocenters. The fourth-order valence-electron chi connectivity index (χ4n) is 1.85. The zero-order chi connectivity index (χ0) is 17.0. The number of halogens is 1. The average molecular weight is 334 g/mol. The maximum Gasteiger partial charge on any atom is 0.413 e. The van der Waals surface area contributed by atoms with Gasteiger partial charge < -0.3 is 10.1 Å². The summed E-state index contributed by atoms with van der Waals surface area (Å²) in [5, 5.41) is 6.53. The zero-order valence-corrected chi connectivity index (χ0v) is 14.4. The summed E-state index contributed by atoms with van der Waals surface area (Å²) in [6.45, 7) is 7.36. The van der Waals surface area contributed by atoms with Gasteiger partial charge in [-0.2, -0.15) is 0 Å². The summed E-state index contributed by atoms with van der Waals surface area (Å²) >= 11 is 6.10. The van der Waals surface area contributed by atoms with Gasteiger partial charge >= 0.3 is 6.09 Å². The number of benzene rings is 1. The normalized spacial score (nSPS) is 11.0. The van der Waals surface area contributed by atoms with E-state index >= 15 is 0 Å². The number of aromatic nitrogens is 1. The topological polar surface area (TPSA) is 63.2 Å². The van der Waals surface area contributed by atoms with Crippen LogP contribution in [0.4, 0.5) is 22.0 Å². The molecule has 1 aromatic carbocycles. The first-order valence-corrected chi connectivity index (χ1v) is 7.60. The van der Waals surface area contributed by atoms with Gasteiger partial charge in [-0.3, -0.25) is 5.32 Å². The number of ether oxygens (including phenoxy) is 1. The number of hydrogen-bond donors (Lipinski definition) is 2. The van der Waals surface area contributed by atoms with Gasteiger partial charge in [0.2, 0.25) is 0 Å². The molecule has 0 aliphatic heterocycles. The molecular weight excluding hydrogens is 314 g/mol. The summed E-state index contributed by atoms with van der Waals surface area (Å²) in [5.74, 6) is 0.424. The number of carbonyl (C=O) groups excluding carboxylic acids is 1. The van der Waals surface area contributed by atoms with E-state index in [2.05, 4.69) is 15.6 Å². The highest BCUT2D eigenvalue weighted by Crippen LogP contribution is 2.26. The molecule has 2 rings (SSSR count). The van der Waals surface area contributed by atoms with Gasteiger partial charge in [-0.05, 0) is 57.5 Å². The Hall–Kier alpha value is -2.27. The van der Waals surface area contributed by atoms with Crippen LogP contribution in [0.5, 0.6) is 0 Å². The maximum absolute atomic E-state index is 11.7. The Balaban J connectivity index is 2.02. The number of rotatable bonds is 3. The molecule has 23 heavy (non-hydrogen) atoms. The molecule has 0 saturated heterocycles. The lowest BCUT2D eigenvalue weighted by Gasteiger charge is -2.19. The van der Waals surface area contributed by atoms with Crippen LogP contribution in [-0.4, -0.2) is 16.7 Å². The Labute approximate surface area is 141 Å². The standard InChI is InChI=1S/C17H20ClN3O2/c1-11-13(18)6-5-7-14(11)20-12-8-9-15(19-10-12)21-16(22)23-17(2,3)4/h5-10,20H,1-4H3,(H,19,21,22). The lowest BCUT2D eigenvalue weighted by Crippen LogP contribution is -2.27. The molecule has 1 heterocycles. The minimum absolute atomic E-state index is 0.424. The molecule has 0 radical (unpaired) electrons. The van der Waals surface area contributed by atoms with E-state index in [1.54, 1.807) is 33.0 Å². The Kier molecular flexibility index (Phi) is 5.11. The first-order chi connectivity index (χ1) is 10.7. The van der Waals surface area contributed by atoms with E-state index in [4.69, 9.17) is 16.3 Å². The van der Waals surface area contributed by atoms with Crippen molar-refractivity contribution in [1.82, 2.24) is 4.98 Å². The van der Waals surface area contributed by atoms with Gasteiger partial charge in [0.15, 0.2) is 0 Å². The number of hydrogen-bond acceptors (Lipinski definition) is 4. The van der Waals surface area contributed by atoms with Crippen molar-refractivity contribution in [2.24, 2.45) is 0 Å². The van der Waals surface area contributed by atoms with Crippen LogP contribution in [0.25, 0.3) is 0 Å². The summed E-state index contributed by atoms with van der Waals surface area (Å²) in [6.07, 6.45) is 1.10. The van der Waals surface area contributed by atoms with E-state index in [-0.39, 0.29) is 0 Å². The van der Waals surface area contributed by atoms with Crippen molar-refractivity contribution in [3.05, 3.63) is 47.1 Å². The molecule has 0 fully saturated rings. The van der Waals surface area contributed by atoms with Crippen molar-refractivity contribution in [2.45, 2.75) is 33.3 Å². The van der Waals surface area contributed by atoms with E-state index in [0.29, 0.717) is 10.8 Å². The van der Waals surface area contributed by atoms with E-state index in [0.717, 1.165) is 16.9 Å². The molecule has 0 saturated carbocycles. The highest BCUT2D eigenvalue weighted by Gasteiger charge is 2.16. The first kappa shape index (κ1) is 17.1. The van der Waals surface area contributed by atoms with E-state index in [1.165, 1.54) is 0 Å². The van der Waals surface area contributed by atoms with Gasteiger partial charge in [-0.1, -0.05) is 17.7 Å². The fraction of sp³-hybridized carbons (Fsp3) is 0.294. The summed E-state index contributed by atoms with van der Waals surface area (Å²) in [6, 6.07) is 9.18. The molecule has 1 amide bonds. The number of carbonyl (C=O) groups is 1. The quantitative estimate of drug-likeness (QED) is 0.816. The summed E-state index contributed by atoms with van der Waals surface area (Å²) in [7, 11) is 0. The van der Waals surface area contributed by atoms with Crippen LogP contribution in [0.2, 0.25) is 5.02 Å². The van der Waals surface area contributed by atoms with E-state index < -0.39 is 11.7 Å². The zero-order valence-electron chi connectivity index (χ0n) is 13.6. The van der Waals surface area contributed by atoms with Crippen LogP contribution in [-0.2, 0) is 4.74 Å². The number of nitrogens with one attached hydrogen (secondary N) is 2. The average Bonchev–Trinajstić information content (AvgIpc) is 2.44. The summed E-state index contributed by atoms with van der Waals surface area (Å²) in [4.78, 5) is 15.9. The lowest BCUT2D eigenvalue weighted by atomic mass is 10.2. The fourth-order valence-corrected chi connectivity index (χ4v) is 2.02. The Bertz CT molecular complexity index is 694. The van der Waals surface area contributed by atoms with Gasteiger partial charge in [0.05, 0.1) is 11.9 Å². The number of nitrogens with zero attached hydrogens (tertiary/aromatic N) is 1. The van der Waals surface area contributed by atoms with Crippen molar-refractivity contribution in [3.8, 4) is 0 Å². The second-order valence-corrected chi connectivity index (χ2v) is 6.50. The van der Waals surface area contributed by atoms with E-state index in [1.807, 2.05) is 31.2 Å². The second kappa shape index (κ2) is 6.87. The van der Waals surface area contributed by atoms with Crippen LogP contribution in [0.1, 0.15) is 26.3 Å². The van der Waals surface area contributed by atoms with Crippen LogP contribution >= 0.6 is 11.6 Å². The first-order valence-electron chi connectivity index (χ1n) is 7.23. The van der Waals surface area contributed by atoms with Crippen molar-refractivity contribution in [3.63, 3.8) is 0 Å². The third-order valence-corrected chi connectivity index (χ3v) is 3.35. The molecule has 5 nitrogen and oxygen atoms in total. The highest BCUT2D eigenvalue weighted by atomic mass is 35.5.